The number of carbonyl (C=O) groups excluding carboxylic acids is 1. The maximum atomic E-state index is 11.8. The van der Waals surface area contributed by atoms with Gasteiger partial charge in [-0.05, 0) is 25.3 Å². The average Bonchev–Trinajstić information content (AvgIpc) is 2.86. The lowest BCUT2D eigenvalue weighted by Crippen LogP contribution is -2.33. The number of hydrogen-bond acceptors (Lipinski definition) is 3. The van der Waals surface area contributed by atoms with Gasteiger partial charge >= 0.3 is 5.97 Å². The third kappa shape index (κ3) is 2.64. The molecule has 1 heterocycles. The number of rotatable bonds is 3. The number of aromatic nitrogens is 2. The number of hydrogen-bond donors (Lipinski definition) is 2. The normalized spacial score (nSPS) is 23.6. The van der Waals surface area contributed by atoms with Gasteiger partial charge in [0.15, 0.2) is 0 Å². The van der Waals surface area contributed by atoms with E-state index in [1.165, 1.54) is 0 Å². The third-order valence-electron chi connectivity index (χ3n) is 3.06. The molecular formula is C11H15N3O3. The molecule has 1 aromatic rings. The highest BCUT2D eigenvalue weighted by Gasteiger charge is 2.30. The number of carbonyl (C=O) groups is 2. The Hall–Kier alpha value is -1.85. The van der Waals surface area contributed by atoms with Crippen molar-refractivity contribution in [1.29, 1.82) is 0 Å². The van der Waals surface area contributed by atoms with E-state index in [1.54, 1.807) is 24.0 Å². The zero-order chi connectivity index (χ0) is 12.4. The summed E-state index contributed by atoms with van der Waals surface area (Å²) in [7, 11) is 1.74. The molecule has 6 heteroatoms. The summed E-state index contributed by atoms with van der Waals surface area (Å²) in [5.41, 5.74) is 0.367. The van der Waals surface area contributed by atoms with Gasteiger partial charge in [0.05, 0.1) is 5.92 Å². The van der Waals surface area contributed by atoms with E-state index in [0.29, 0.717) is 18.5 Å². The molecule has 2 atom stereocenters. The third-order valence-corrected chi connectivity index (χ3v) is 3.06. The first-order valence-electron chi connectivity index (χ1n) is 5.59. The van der Waals surface area contributed by atoms with Crippen LogP contribution >= 0.6 is 0 Å². The maximum Gasteiger partial charge on any atom is 0.306 e. The van der Waals surface area contributed by atoms with Crippen molar-refractivity contribution in [2.75, 3.05) is 0 Å². The highest BCUT2D eigenvalue weighted by molar-refractivity contribution is 5.92. The summed E-state index contributed by atoms with van der Waals surface area (Å²) in [6.07, 6.45) is 3.55. The first-order chi connectivity index (χ1) is 8.06. The van der Waals surface area contributed by atoms with Gasteiger partial charge in [-0.3, -0.25) is 14.3 Å². The van der Waals surface area contributed by atoms with Crippen LogP contribution in [0.2, 0.25) is 0 Å². The Morgan fingerprint density at radius 1 is 1.53 bits per heavy atom. The van der Waals surface area contributed by atoms with E-state index in [4.69, 9.17) is 5.11 Å². The van der Waals surface area contributed by atoms with Crippen molar-refractivity contribution in [1.82, 2.24) is 15.1 Å². The summed E-state index contributed by atoms with van der Waals surface area (Å²) in [5, 5.41) is 15.7. The second-order valence-electron chi connectivity index (χ2n) is 4.39. The van der Waals surface area contributed by atoms with Crippen molar-refractivity contribution < 1.29 is 14.7 Å². The van der Waals surface area contributed by atoms with Gasteiger partial charge in [-0.25, -0.2) is 0 Å². The molecule has 2 N–H and O–H groups in total. The van der Waals surface area contributed by atoms with E-state index < -0.39 is 5.97 Å². The summed E-state index contributed by atoms with van der Waals surface area (Å²) in [6.45, 7) is 0. The predicted molar refractivity (Wildman–Crippen MR) is 59.4 cm³/mol. The number of aryl methyl sites for hydroxylation is 1. The zero-order valence-corrected chi connectivity index (χ0v) is 9.59. The average molecular weight is 237 g/mol. The number of carboxylic acid groups (broad SMARTS) is 1. The predicted octanol–water partition coefficient (Wildman–Crippen LogP) is 0.403. The fraction of sp³-hybridized carbons (Fsp3) is 0.545. The smallest absolute Gasteiger partial charge is 0.306 e. The minimum Gasteiger partial charge on any atom is -0.481 e. The number of aliphatic carboxylic acids is 1. The molecule has 0 spiro atoms. The van der Waals surface area contributed by atoms with E-state index >= 15 is 0 Å². The second-order valence-corrected chi connectivity index (χ2v) is 4.39. The van der Waals surface area contributed by atoms with Gasteiger partial charge in [0, 0.05) is 19.3 Å². The lowest BCUT2D eigenvalue weighted by molar-refractivity contribution is -0.141. The summed E-state index contributed by atoms with van der Waals surface area (Å²) in [5.74, 6) is -1.34. The zero-order valence-electron chi connectivity index (χ0n) is 9.59. The molecule has 1 amide bonds. The van der Waals surface area contributed by atoms with Gasteiger partial charge in [0.2, 0.25) is 0 Å². The Balaban J connectivity index is 1.90. The number of amides is 1. The van der Waals surface area contributed by atoms with Gasteiger partial charge in [0.25, 0.3) is 5.91 Å². The molecular weight excluding hydrogens is 222 g/mol. The van der Waals surface area contributed by atoms with Gasteiger partial charge in [-0.2, -0.15) is 5.10 Å². The molecule has 1 aromatic heterocycles. The Labute approximate surface area is 98.6 Å². The molecule has 1 aliphatic carbocycles. The lowest BCUT2D eigenvalue weighted by atomic mass is 10.1. The standard InChI is InChI=1S/C11H15N3O3/c1-14-5-4-9(13-14)10(15)12-8-3-2-7(6-8)11(16)17/h4-5,7-8H,2-3,6H2,1H3,(H,12,15)(H,16,17). The summed E-state index contributed by atoms with van der Waals surface area (Å²) in [6, 6.07) is 1.59. The van der Waals surface area contributed by atoms with Crippen LogP contribution in [0.3, 0.4) is 0 Å². The lowest BCUT2D eigenvalue weighted by Gasteiger charge is -2.10. The van der Waals surface area contributed by atoms with E-state index in [-0.39, 0.29) is 17.9 Å². The van der Waals surface area contributed by atoms with E-state index in [1.807, 2.05) is 0 Å². The van der Waals surface area contributed by atoms with Crippen LogP contribution in [0.15, 0.2) is 12.3 Å². The van der Waals surface area contributed by atoms with Crippen molar-refractivity contribution in [2.45, 2.75) is 25.3 Å². The van der Waals surface area contributed by atoms with Crippen LogP contribution in [0.5, 0.6) is 0 Å². The van der Waals surface area contributed by atoms with Crippen molar-refractivity contribution >= 4 is 11.9 Å². The fourth-order valence-corrected chi connectivity index (χ4v) is 2.13. The number of nitrogens with zero attached hydrogens (tertiary/aromatic N) is 2. The molecule has 92 valence electrons. The van der Waals surface area contributed by atoms with Crippen LogP contribution < -0.4 is 5.32 Å². The van der Waals surface area contributed by atoms with Gasteiger partial charge in [-0.15, -0.1) is 0 Å². The topological polar surface area (TPSA) is 84.2 Å². The molecule has 0 bridgehead atoms. The maximum absolute atomic E-state index is 11.8. The Kier molecular flexibility index (Phi) is 3.12. The molecule has 1 aliphatic rings. The van der Waals surface area contributed by atoms with Crippen LogP contribution in [-0.4, -0.2) is 32.8 Å². The molecule has 1 saturated carbocycles. The Morgan fingerprint density at radius 2 is 2.29 bits per heavy atom. The van der Waals surface area contributed by atoms with Gasteiger partial charge in [0.1, 0.15) is 5.69 Å². The SMILES string of the molecule is Cn1ccc(C(=O)NC2CCC(C(=O)O)C2)n1. The Bertz CT molecular complexity index is 441. The van der Waals surface area contributed by atoms with Crippen molar-refractivity contribution in [2.24, 2.45) is 13.0 Å². The van der Waals surface area contributed by atoms with Crippen LogP contribution in [0.25, 0.3) is 0 Å². The summed E-state index contributed by atoms with van der Waals surface area (Å²) in [4.78, 5) is 22.5. The highest BCUT2D eigenvalue weighted by atomic mass is 16.4. The van der Waals surface area contributed by atoms with Crippen molar-refractivity contribution in [3.8, 4) is 0 Å². The van der Waals surface area contributed by atoms with Crippen LogP contribution in [-0.2, 0) is 11.8 Å². The molecule has 6 nitrogen and oxygen atoms in total. The molecule has 0 aliphatic heterocycles. The van der Waals surface area contributed by atoms with Gasteiger partial charge < -0.3 is 10.4 Å². The van der Waals surface area contributed by atoms with E-state index in [9.17, 15) is 9.59 Å². The minimum absolute atomic E-state index is 0.0504. The summed E-state index contributed by atoms with van der Waals surface area (Å²) >= 11 is 0. The van der Waals surface area contributed by atoms with Crippen molar-refractivity contribution in [3.63, 3.8) is 0 Å². The largest absolute Gasteiger partial charge is 0.481 e. The van der Waals surface area contributed by atoms with E-state index in [0.717, 1.165) is 6.42 Å². The molecule has 17 heavy (non-hydrogen) atoms. The van der Waals surface area contributed by atoms with Crippen LogP contribution in [0.1, 0.15) is 29.8 Å². The Morgan fingerprint density at radius 3 is 2.82 bits per heavy atom. The first kappa shape index (κ1) is 11.6. The minimum atomic E-state index is -0.778. The molecule has 0 radical (unpaired) electrons. The number of carboxylic acids is 1. The van der Waals surface area contributed by atoms with Crippen LogP contribution in [0.4, 0.5) is 0 Å². The number of nitrogens with one attached hydrogen (secondary N) is 1. The molecule has 0 aromatic carbocycles. The molecule has 1 fully saturated rings. The molecule has 2 rings (SSSR count). The quantitative estimate of drug-likeness (QED) is 0.797. The first-order valence-corrected chi connectivity index (χ1v) is 5.59. The van der Waals surface area contributed by atoms with E-state index in [2.05, 4.69) is 10.4 Å². The van der Waals surface area contributed by atoms with Crippen LogP contribution in [0, 0.1) is 5.92 Å². The molecule has 0 saturated heterocycles. The molecule has 2 unspecified atom stereocenters. The highest BCUT2D eigenvalue weighted by Crippen LogP contribution is 2.25. The van der Waals surface area contributed by atoms with Gasteiger partial charge in [-0.1, -0.05) is 0 Å². The van der Waals surface area contributed by atoms with Crippen molar-refractivity contribution in [3.05, 3.63) is 18.0 Å². The fourth-order valence-electron chi connectivity index (χ4n) is 2.13. The summed E-state index contributed by atoms with van der Waals surface area (Å²) < 4.78 is 1.56. The monoisotopic (exact) mass is 237 g/mol. The second kappa shape index (κ2) is 4.57.